The van der Waals surface area contributed by atoms with Crippen molar-refractivity contribution in [1.29, 1.82) is 0 Å². The maximum absolute atomic E-state index is 11.5. The summed E-state index contributed by atoms with van der Waals surface area (Å²) in [5, 5.41) is 4.78. The van der Waals surface area contributed by atoms with Gasteiger partial charge in [0.2, 0.25) is 0 Å². The van der Waals surface area contributed by atoms with Gasteiger partial charge in [0.15, 0.2) is 0 Å². The molecule has 18 heavy (non-hydrogen) atoms. The van der Waals surface area contributed by atoms with Crippen molar-refractivity contribution in [1.82, 2.24) is 4.57 Å². The summed E-state index contributed by atoms with van der Waals surface area (Å²) in [7, 11) is 1.98. The number of carbonyl (C=O) groups excluding carboxylic acids is 1. The third-order valence-electron chi connectivity index (χ3n) is 3.10. The van der Waals surface area contributed by atoms with Crippen LogP contribution in [0, 0.1) is 0 Å². The lowest BCUT2D eigenvalue weighted by Crippen LogP contribution is -2.01. The lowest BCUT2D eigenvalue weighted by atomic mass is 10.1. The van der Waals surface area contributed by atoms with E-state index < -0.39 is 0 Å². The van der Waals surface area contributed by atoms with Gasteiger partial charge >= 0.3 is 5.97 Å². The largest absolute Gasteiger partial charge is 0.367 e. The van der Waals surface area contributed by atoms with Crippen LogP contribution in [0.25, 0.3) is 17.0 Å². The number of aryl methyl sites for hydroxylation is 1. The first-order chi connectivity index (χ1) is 8.66. The highest BCUT2D eigenvalue weighted by Crippen LogP contribution is 2.24. The number of para-hydroxylation sites is 1. The third-order valence-corrected chi connectivity index (χ3v) is 3.10. The minimum absolute atomic E-state index is 0.388. The van der Waals surface area contributed by atoms with Crippen LogP contribution in [-0.4, -0.2) is 16.2 Å². The van der Waals surface area contributed by atoms with E-state index in [-0.39, 0.29) is 5.97 Å². The molecule has 3 rings (SSSR count). The first-order valence-electron chi connectivity index (χ1n) is 5.69. The fraction of sp³-hybridized carbons (Fsp3) is 0.143. The number of oxime groups is 1. The number of nitrogens with zero attached hydrogens (tertiary/aromatic N) is 2. The van der Waals surface area contributed by atoms with Crippen LogP contribution in [0.3, 0.4) is 0 Å². The van der Waals surface area contributed by atoms with Crippen molar-refractivity contribution >= 4 is 28.7 Å². The van der Waals surface area contributed by atoms with E-state index in [2.05, 4.69) is 9.99 Å². The standard InChI is InChI=1S/C14H12N2O2/c1-9-12(14(17)18-15-9)7-10-8-16(2)13-6-4-3-5-11(10)13/h3-8H,1-2H3. The summed E-state index contributed by atoms with van der Waals surface area (Å²) in [5.41, 5.74) is 3.26. The van der Waals surface area contributed by atoms with E-state index in [1.54, 1.807) is 6.92 Å². The molecule has 2 aromatic rings. The molecule has 0 aliphatic carbocycles. The van der Waals surface area contributed by atoms with Crippen molar-refractivity contribution in [2.24, 2.45) is 12.2 Å². The Labute approximate surface area is 104 Å². The Morgan fingerprint density at radius 3 is 2.83 bits per heavy atom. The molecule has 0 saturated carbocycles. The number of aromatic nitrogens is 1. The predicted molar refractivity (Wildman–Crippen MR) is 70.1 cm³/mol. The molecule has 0 amide bonds. The lowest BCUT2D eigenvalue weighted by Gasteiger charge is -1.94. The van der Waals surface area contributed by atoms with E-state index in [0.717, 1.165) is 16.5 Å². The smallest absolute Gasteiger partial charge is 0.350 e. The van der Waals surface area contributed by atoms with Gasteiger partial charge in [-0.1, -0.05) is 23.4 Å². The highest BCUT2D eigenvalue weighted by Gasteiger charge is 2.22. The molecule has 2 heterocycles. The van der Waals surface area contributed by atoms with Crippen molar-refractivity contribution in [3.63, 3.8) is 0 Å². The van der Waals surface area contributed by atoms with Gasteiger partial charge in [0.25, 0.3) is 0 Å². The van der Waals surface area contributed by atoms with Gasteiger partial charge in [0.05, 0.1) is 11.3 Å². The zero-order valence-electron chi connectivity index (χ0n) is 10.2. The molecule has 1 aliphatic heterocycles. The van der Waals surface area contributed by atoms with E-state index >= 15 is 0 Å². The van der Waals surface area contributed by atoms with Crippen molar-refractivity contribution in [3.8, 4) is 0 Å². The predicted octanol–water partition coefficient (Wildman–Crippen LogP) is 2.49. The van der Waals surface area contributed by atoms with Crippen molar-refractivity contribution in [2.75, 3.05) is 0 Å². The molecule has 0 saturated heterocycles. The number of rotatable bonds is 1. The lowest BCUT2D eigenvalue weighted by molar-refractivity contribution is -0.136. The second kappa shape index (κ2) is 3.84. The second-order valence-corrected chi connectivity index (χ2v) is 4.33. The van der Waals surface area contributed by atoms with Crippen molar-refractivity contribution < 1.29 is 9.63 Å². The van der Waals surface area contributed by atoms with Crippen LogP contribution in [0.2, 0.25) is 0 Å². The number of benzene rings is 1. The fourth-order valence-corrected chi connectivity index (χ4v) is 2.16. The van der Waals surface area contributed by atoms with E-state index in [9.17, 15) is 4.79 Å². The maximum Gasteiger partial charge on any atom is 0.367 e. The highest BCUT2D eigenvalue weighted by atomic mass is 16.7. The van der Waals surface area contributed by atoms with Gasteiger partial charge < -0.3 is 9.40 Å². The molecule has 4 nitrogen and oxygen atoms in total. The normalized spacial score (nSPS) is 17.3. The summed E-state index contributed by atoms with van der Waals surface area (Å²) in [6.45, 7) is 1.77. The highest BCUT2D eigenvalue weighted by molar-refractivity contribution is 6.24. The van der Waals surface area contributed by atoms with Gasteiger partial charge in [-0.25, -0.2) is 4.79 Å². The summed E-state index contributed by atoms with van der Waals surface area (Å²) < 4.78 is 2.04. The monoisotopic (exact) mass is 240 g/mol. The van der Waals surface area contributed by atoms with Gasteiger partial charge in [0.1, 0.15) is 0 Å². The molecule has 1 aliphatic rings. The Bertz CT molecular complexity index is 708. The van der Waals surface area contributed by atoms with Gasteiger partial charge in [0, 0.05) is 29.7 Å². The molecular formula is C14H12N2O2. The summed E-state index contributed by atoms with van der Waals surface area (Å²) in [4.78, 5) is 16.2. The molecular weight excluding hydrogens is 228 g/mol. The van der Waals surface area contributed by atoms with Gasteiger partial charge in [-0.05, 0) is 19.1 Å². The van der Waals surface area contributed by atoms with Gasteiger partial charge in [-0.3, -0.25) is 0 Å². The Kier molecular flexibility index (Phi) is 2.30. The van der Waals surface area contributed by atoms with E-state index in [1.807, 2.05) is 48.2 Å². The molecule has 0 atom stereocenters. The zero-order valence-corrected chi connectivity index (χ0v) is 10.2. The first-order valence-corrected chi connectivity index (χ1v) is 5.69. The zero-order chi connectivity index (χ0) is 12.7. The quantitative estimate of drug-likeness (QED) is 0.567. The van der Waals surface area contributed by atoms with Crippen molar-refractivity contribution in [2.45, 2.75) is 6.92 Å². The molecule has 1 aromatic heterocycles. The Morgan fingerprint density at radius 1 is 1.33 bits per heavy atom. The average molecular weight is 240 g/mol. The molecule has 0 unspecified atom stereocenters. The van der Waals surface area contributed by atoms with Crippen LogP contribution in [0.4, 0.5) is 0 Å². The van der Waals surface area contributed by atoms with Crippen LogP contribution in [0.15, 0.2) is 41.2 Å². The number of hydrogen-bond acceptors (Lipinski definition) is 3. The second-order valence-electron chi connectivity index (χ2n) is 4.33. The van der Waals surface area contributed by atoms with Crippen molar-refractivity contribution in [3.05, 3.63) is 41.6 Å². The average Bonchev–Trinajstić information content (AvgIpc) is 2.86. The minimum Gasteiger partial charge on any atom is -0.350 e. The van der Waals surface area contributed by atoms with Crippen LogP contribution >= 0.6 is 0 Å². The molecule has 0 bridgehead atoms. The van der Waals surface area contributed by atoms with Crippen LogP contribution in [0.1, 0.15) is 12.5 Å². The number of carbonyl (C=O) groups is 1. The summed E-state index contributed by atoms with van der Waals surface area (Å²) in [6.07, 6.45) is 3.83. The molecule has 0 fully saturated rings. The molecule has 1 aromatic carbocycles. The summed E-state index contributed by atoms with van der Waals surface area (Å²) >= 11 is 0. The Balaban J connectivity index is 2.19. The van der Waals surface area contributed by atoms with Gasteiger partial charge in [-0.15, -0.1) is 0 Å². The van der Waals surface area contributed by atoms with Crippen LogP contribution in [0.5, 0.6) is 0 Å². The SMILES string of the molecule is CC1=NOC(=O)C1=Cc1cn(C)c2ccccc12. The number of hydrogen-bond donors (Lipinski definition) is 0. The topological polar surface area (TPSA) is 43.6 Å². The van der Waals surface area contributed by atoms with E-state index in [0.29, 0.717) is 11.3 Å². The van der Waals surface area contributed by atoms with E-state index in [1.165, 1.54) is 0 Å². The van der Waals surface area contributed by atoms with E-state index in [4.69, 9.17) is 0 Å². The summed E-state index contributed by atoms with van der Waals surface area (Å²) in [6, 6.07) is 8.06. The van der Waals surface area contributed by atoms with Crippen LogP contribution in [-0.2, 0) is 16.7 Å². The Hall–Kier alpha value is -2.36. The van der Waals surface area contributed by atoms with Crippen LogP contribution < -0.4 is 0 Å². The molecule has 4 heteroatoms. The third kappa shape index (κ3) is 1.54. The fourth-order valence-electron chi connectivity index (χ4n) is 2.16. The summed E-state index contributed by atoms with van der Waals surface area (Å²) in [5.74, 6) is -0.388. The first kappa shape index (κ1) is 10.8. The number of fused-ring (bicyclic) bond motifs is 1. The molecule has 0 N–H and O–H groups in total. The minimum atomic E-state index is -0.388. The molecule has 90 valence electrons. The maximum atomic E-state index is 11.5. The Morgan fingerprint density at radius 2 is 2.11 bits per heavy atom. The van der Waals surface area contributed by atoms with Gasteiger partial charge in [-0.2, -0.15) is 0 Å². The molecule has 0 radical (unpaired) electrons. The molecule has 0 spiro atoms.